The topological polar surface area (TPSA) is 44.5 Å². The summed E-state index contributed by atoms with van der Waals surface area (Å²) in [6.45, 7) is 5.98. The molecule has 0 unspecified atom stereocenters. The molecule has 1 aromatic carbocycles. The molecule has 0 aliphatic carbocycles. The molecule has 0 fully saturated rings. The zero-order valence-electron chi connectivity index (χ0n) is 10.7. The van der Waals surface area contributed by atoms with Gasteiger partial charge in [0.25, 0.3) is 0 Å². The number of hydrogen-bond acceptors (Lipinski definition) is 3. The third-order valence-corrected chi connectivity index (χ3v) is 3.57. The molecule has 17 heavy (non-hydrogen) atoms. The number of halogens is 1. The van der Waals surface area contributed by atoms with Gasteiger partial charge in [-0.3, -0.25) is 0 Å². The first-order valence-electron chi connectivity index (χ1n) is 5.72. The average molecular weight is 302 g/mol. The Morgan fingerprint density at radius 1 is 1.29 bits per heavy atom. The molecule has 96 valence electrons. The lowest BCUT2D eigenvalue weighted by Gasteiger charge is -2.16. The normalized spacial score (nSPS) is 10.6. The molecule has 0 heterocycles. The van der Waals surface area contributed by atoms with E-state index in [9.17, 15) is 0 Å². The molecular formula is C13H20BrNO2. The third kappa shape index (κ3) is 3.69. The number of rotatable bonds is 6. The Labute approximate surface area is 111 Å². The van der Waals surface area contributed by atoms with Crippen molar-refractivity contribution in [2.75, 3.05) is 26.9 Å². The maximum atomic E-state index is 5.47. The standard InChI is InChI=1S/C13H20BrNO2/c1-9-8-12(14)10(2)11(13(9)16-3)4-6-17-7-5-15/h8H,4-7,15H2,1-3H3. The van der Waals surface area contributed by atoms with E-state index < -0.39 is 0 Å². The van der Waals surface area contributed by atoms with Gasteiger partial charge in [0, 0.05) is 16.6 Å². The van der Waals surface area contributed by atoms with E-state index in [1.807, 2.05) is 6.92 Å². The quantitative estimate of drug-likeness (QED) is 0.822. The van der Waals surface area contributed by atoms with Crippen LogP contribution in [0, 0.1) is 13.8 Å². The number of benzene rings is 1. The largest absolute Gasteiger partial charge is 0.496 e. The third-order valence-electron chi connectivity index (χ3n) is 2.75. The van der Waals surface area contributed by atoms with Crippen LogP contribution in [0.1, 0.15) is 16.7 Å². The second kappa shape index (κ2) is 6.99. The van der Waals surface area contributed by atoms with Gasteiger partial charge in [-0.1, -0.05) is 15.9 Å². The molecular weight excluding hydrogens is 282 g/mol. The fourth-order valence-corrected chi connectivity index (χ4v) is 2.44. The lowest BCUT2D eigenvalue weighted by Crippen LogP contribution is -2.11. The van der Waals surface area contributed by atoms with Crippen molar-refractivity contribution in [1.82, 2.24) is 0 Å². The first-order chi connectivity index (χ1) is 8.11. The minimum atomic E-state index is 0.563. The summed E-state index contributed by atoms with van der Waals surface area (Å²) in [4.78, 5) is 0. The minimum absolute atomic E-state index is 0.563. The monoisotopic (exact) mass is 301 g/mol. The first-order valence-corrected chi connectivity index (χ1v) is 6.51. The zero-order chi connectivity index (χ0) is 12.8. The van der Waals surface area contributed by atoms with E-state index in [4.69, 9.17) is 15.2 Å². The highest BCUT2D eigenvalue weighted by Crippen LogP contribution is 2.32. The van der Waals surface area contributed by atoms with Crippen LogP contribution in [0.5, 0.6) is 5.75 Å². The van der Waals surface area contributed by atoms with Gasteiger partial charge in [-0.25, -0.2) is 0 Å². The molecule has 1 rings (SSSR count). The Kier molecular flexibility index (Phi) is 5.95. The van der Waals surface area contributed by atoms with Crippen LogP contribution >= 0.6 is 15.9 Å². The van der Waals surface area contributed by atoms with Crippen LogP contribution in [-0.4, -0.2) is 26.9 Å². The van der Waals surface area contributed by atoms with Crippen molar-refractivity contribution >= 4 is 15.9 Å². The van der Waals surface area contributed by atoms with E-state index in [1.165, 1.54) is 11.1 Å². The Morgan fingerprint density at radius 2 is 2.00 bits per heavy atom. The summed E-state index contributed by atoms with van der Waals surface area (Å²) in [5, 5.41) is 0. The van der Waals surface area contributed by atoms with E-state index in [0.29, 0.717) is 19.8 Å². The molecule has 0 saturated heterocycles. The van der Waals surface area contributed by atoms with Crippen molar-refractivity contribution in [2.24, 2.45) is 5.73 Å². The minimum Gasteiger partial charge on any atom is -0.496 e. The maximum absolute atomic E-state index is 5.47. The highest BCUT2D eigenvalue weighted by atomic mass is 79.9. The predicted octanol–water partition coefficient (Wildman–Crippen LogP) is 2.59. The molecule has 3 nitrogen and oxygen atoms in total. The van der Waals surface area contributed by atoms with E-state index in [-0.39, 0.29) is 0 Å². The summed E-state index contributed by atoms with van der Waals surface area (Å²) in [5.41, 5.74) is 8.94. The Hall–Kier alpha value is -0.580. The van der Waals surface area contributed by atoms with Crippen LogP contribution in [0.25, 0.3) is 0 Å². The number of hydrogen-bond donors (Lipinski definition) is 1. The summed E-state index contributed by atoms with van der Waals surface area (Å²) < 4.78 is 12.0. The molecule has 0 bridgehead atoms. The van der Waals surface area contributed by atoms with Gasteiger partial charge < -0.3 is 15.2 Å². The lowest BCUT2D eigenvalue weighted by atomic mass is 10.0. The molecule has 0 aliphatic rings. The van der Waals surface area contributed by atoms with E-state index in [0.717, 1.165) is 22.2 Å². The Morgan fingerprint density at radius 3 is 2.59 bits per heavy atom. The Bertz CT molecular complexity index is 380. The number of ether oxygens (including phenoxy) is 2. The van der Waals surface area contributed by atoms with Crippen LogP contribution in [0.4, 0.5) is 0 Å². The molecule has 2 N–H and O–H groups in total. The molecule has 0 amide bonds. The second-order valence-electron chi connectivity index (χ2n) is 3.96. The van der Waals surface area contributed by atoms with Crippen LogP contribution in [0.15, 0.2) is 10.5 Å². The fourth-order valence-electron chi connectivity index (χ4n) is 1.86. The summed E-state index contributed by atoms with van der Waals surface area (Å²) >= 11 is 3.57. The van der Waals surface area contributed by atoms with E-state index in [2.05, 4.69) is 28.9 Å². The number of aryl methyl sites for hydroxylation is 1. The average Bonchev–Trinajstić information content (AvgIpc) is 2.30. The molecule has 0 radical (unpaired) electrons. The summed E-state index contributed by atoms with van der Waals surface area (Å²) in [7, 11) is 1.71. The molecule has 0 spiro atoms. The summed E-state index contributed by atoms with van der Waals surface area (Å²) in [6.07, 6.45) is 0.843. The maximum Gasteiger partial charge on any atom is 0.125 e. The molecule has 0 saturated carbocycles. The fraction of sp³-hybridized carbons (Fsp3) is 0.538. The van der Waals surface area contributed by atoms with Gasteiger partial charge in [0.1, 0.15) is 5.75 Å². The first kappa shape index (κ1) is 14.5. The predicted molar refractivity (Wildman–Crippen MR) is 73.7 cm³/mol. The van der Waals surface area contributed by atoms with E-state index in [1.54, 1.807) is 7.11 Å². The molecule has 1 aromatic rings. The van der Waals surface area contributed by atoms with Gasteiger partial charge in [-0.2, -0.15) is 0 Å². The zero-order valence-corrected chi connectivity index (χ0v) is 12.3. The van der Waals surface area contributed by atoms with Gasteiger partial charge in [0.15, 0.2) is 0 Å². The molecule has 0 atom stereocenters. The van der Waals surface area contributed by atoms with Crippen molar-refractivity contribution in [3.63, 3.8) is 0 Å². The van der Waals surface area contributed by atoms with Crippen molar-refractivity contribution in [3.05, 3.63) is 27.2 Å². The van der Waals surface area contributed by atoms with Gasteiger partial charge in [0.2, 0.25) is 0 Å². The van der Waals surface area contributed by atoms with Crippen molar-refractivity contribution in [1.29, 1.82) is 0 Å². The summed E-state index contributed by atoms with van der Waals surface area (Å²) in [6, 6.07) is 2.08. The highest BCUT2D eigenvalue weighted by molar-refractivity contribution is 9.10. The van der Waals surface area contributed by atoms with Gasteiger partial charge in [-0.05, 0) is 37.5 Å². The van der Waals surface area contributed by atoms with Gasteiger partial charge in [0.05, 0.1) is 20.3 Å². The van der Waals surface area contributed by atoms with Crippen LogP contribution in [-0.2, 0) is 11.2 Å². The second-order valence-corrected chi connectivity index (χ2v) is 4.82. The van der Waals surface area contributed by atoms with E-state index >= 15 is 0 Å². The molecule has 0 aromatic heterocycles. The Balaban J connectivity index is 2.87. The van der Waals surface area contributed by atoms with Crippen molar-refractivity contribution in [2.45, 2.75) is 20.3 Å². The molecule has 0 aliphatic heterocycles. The molecule has 4 heteroatoms. The van der Waals surface area contributed by atoms with Crippen molar-refractivity contribution in [3.8, 4) is 5.75 Å². The van der Waals surface area contributed by atoms with Crippen LogP contribution in [0.3, 0.4) is 0 Å². The van der Waals surface area contributed by atoms with Crippen LogP contribution in [0.2, 0.25) is 0 Å². The van der Waals surface area contributed by atoms with Crippen molar-refractivity contribution < 1.29 is 9.47 Å². The number of nitrogens with two attached hydrogens (primary N) is 1. The van der Waals surface area contributed by atoms with Gasteiger partial charge >= 0.3 is 0 Å². The smallest absolute Gasteiger partial charge is 0.125 e. The highest BCUT2D eigenvalue weighted by Gasteiger charge is 2.12. The SMILES string of the molecule is COc1c(C)cc(Br)c(C)c1CCOCCN. The van der Waals surface area contributed by atoms with Gasteiger partial charge in [-0.15, -0.1) is 0 Å². The summed E-state index contributed by atoms with van der Waals surface area (Å²) in [5.74, 6) is 0.960. The number of methoxy groups -OCH3 is 1. The van der Waals surface area contributed by atoms with Crippen LogP contribution < -0.4 is 10.5 Å². The lowest BCUT2D eigenvalue weighted by molar-refractivity contribution is 0.144.